The Balaban J connectivity index is 2.36. The van der Waals surface area contributed by atoms with Gasteiger partial charge in [-0.1, -0.05) is 17.7 Å². The summed E-state index contributed by atoms with van der Waals surface area (Å²) in [4.78, 5) is 0. The van der Waals surface area contributed by atoms with Crippen LogP contribution in [-0.2, 0) is 0 Å². The van der Waals surface area contributed by atoms with E-state index in [1.54, 1.807) is 12.1 Å². The number of hydrogen-bond donors (Lipinski definition) is 2. The van der Waals surface area contributed by atoms with Crippen LogP contribution in [0.3, 0.4) is 0 Å². The van der Waals surface area contributed by atoms with E-state index < -0.39 is 0 Å². The van der Waals surface area contributed by atoms with Gasteiger partial charge in [-0.2, -0.15) is 0 Å². The van der Waals surface area contributed by atoms with Gasteiger partial charge in [-0.25, -0.2) is 4.39 Å². The molecule has 76 valence electrons. The van der Waals surface area contributed by atoms with Gasteiger partial charge in [0.25, 0.3) is 0 Å². The minimum Gasteiger partial charge on any atom is -0.271 e. The number of benzene rings is 1. The third-order valence-electron chi connectivity index (χ3n) is 2.58. The highest BCUT2D eigenvalue weighted by atomic mass is 35.5. The highest BCUT2D eigenvalue weighted by Crippen LogP contribution is 2.43. The predicted octanol–water partition coefficient (Wildman–Crippen LogP) is 2.39. The Bertz CT molecular complexity index is 319. The number of halogens is 2. The van der Waals surface area contributed by atoms with E-state index in [1.807, 2.05) is 0 Å². The smallest absolute Gasteiger partial charge is 0.129 e. The number of hydrazine groups is 1. The van der Waals surface area contributed by atoms with Gasteiger partial charge in [-0.05, 0) is 30.9 Å². The van der Waals surface area contributed by atoms with Crippen molar-refractivity contribution in [2.24, 2.45) is 11.8 Å². The van der Waals surface area contributed by atoms with Crippen LogP contribution in [0.1, 0.15) is 24.4 Å². The SMILES string of the molecule is NNC(c1c(F)cccc1Cl)C1CC1. The molecule has 0 aliphatic heterocycles. The first-order valence-corrected chi connectivity index (χ1v) is 5.02. The van der Waals surface area contributed by atoms with E-state index in [0.717, 1.165) is 12.8 Å². The lowest BCUT2D eigenvalue weighted by Crippen LogP contribution is -2.30. The van der Waals surface area contributed by atoms with E-state index in [-0.39, 0.29) is 11.9 Å². The normalized spacial score (nSPS) is 18.2. The van der Waals surface area contributed by atoms with Crippen molar-refractivity contribution in [3.63, 3.8) is 0 Å². The summed E-state index contributed by atoms with van der Waals surface area (Å²) < 4.78 is 13.5. The molecule has 0 radical (unpaired) electrons. The molecular formula is C10H12ClFN2. The summed E-state index contributed by atoms with van der Waals surface area (Å²) in [5, 5.41) is 0.444. The number of nitrogens with two attached hydrogens (primary N) is 1. The second kappa shape index (κ2) is 3.85. The average Bonchev–Trinajstić information content (AvgIpc) is 2.95. The van der Waals surface area contributed by atoms with Crippen LogP contribution in [0.4, 0.5) is 4.39 Å². The molecule has 1 aromatic rings. The van der Waals surface area contributed by atoms with Gasteiger partial charge in [0.2, 0.25) is 0 Å². The molecule has 2 rings (SSSR count). The molecule has 1 aliphatic carbocycles. The quantitative estimate of drug-likeness (QED) is 0.599. The summed E-state index contributed by atoms with van der Waals surface area (Å²) in [6.45, 7) is 0. The van der Waals surface area contributed by atoms with Crippen molar-refractivity contribution in [3.8, 4) is 0 Å². The fourth-order valence-corrected chi connectivity index (χ4v) is 1.97. The molecule has 1 atom stereocenters. The van der Waals surface area contributed by atoms with Crippen molar-refractivity contribution in [1.82, 2.24) is 5.43 Å². The summed E-state index contributed by atoms with van der Waals surface area (Å²) in [6.07, 6.45) is 2.17. The first kappa shape index (κ1) is 9.90. The molecule has 0 aromatic heterocycles. The monoisotopic (exact) mass is 214 g/mol. The maximum atomic E-state index is 13.5. The van der Waals surface area contributed by atoms with Crippen LogP contribution in [0, 0.1) is 11.7 Å². The van der Waals surface area contributed by atoms with Crippen LogP contribution in [0.5, 0.6) is 0 Å². The fraction of sp³-hybridized carbons (Fsp3) is 0.400. The third kappa shape index (κ3) is 1.75. The summed E-state index contributed by atoms with van der Waals surface area (Å²) in [6, 6.07) is 4.55. The lowest BCUT2D eigenvalue weighted by atomic mass is 10.0. The van der Waals surface area contributed by atoms with Gasteiger partial charge >= 0.3 is 0 Å². The number of rotatable bonds is 3. The van der Waals surface area contributed by atoms with E-state index >= 15 is 0 Å². The topological polar surface area (TPSA) is 38.0 Å². The van der Waals surface area contributed by atoms with Crippen LogP contribution in [0.15, 0.2) is 18.2 Å². The molecule has 0 saturated heterocycles. The van der Waals surface area contributed by atoms with Crippen molar-refractivity contribution < 1.29 is 4.39 Å². The molecule has 3 N–H and O–H groups in total. The Morgan fingerprint density at radius 3 is 2.71 bits per heavy atom. The Hall–Kier alpha value is -0.640. The summed E-state index contributed by atoms with van der Waals surface area (Å²) in [5.41, 5.74) is 3.14. The summed E-state index contributed by atoms with van der Waals surface area (Å²) >= 11 is 5.94. The minimum absolute atomic E-state index is 0.149. The maximum absolute atomic E-state index is 13.5. The minimum atomic E-state index is -0.285. The van der Waals surface area contributed by atoms with Gasteiger partial charge in [0, 0.05) is 10.6 Å². The number of hydrogen-bond acceptors (Lipinski definition) is 2. The van der Waals surface area contributed by atoms with Crippen molar-refractivity contribution in [3.05, 3.63) is 34.6 Å². The zero-order valence-corrected chi connectivity index (χ0v) is 8.39. The van der Waals surface area contributed by atoms with E-state index in [9.17, 15) is 4.39 Å². The van der Waals surface area contributed by atoms with Crippen molar-refractivity contribution in [2.45, 2.75) is 18.9 Å². The highest BCUT2D eigenvalue weighted by Gasteiger charge is 2.34. The van der Waals surface area contributed by atoms with Crippen molar-refractivity contribution >= 4 is 11.6 Å². The van der Waals surface area contributed by atoms with Gasteiger partial charge in [0.05, 0.1) is 6.04 Å². The Morgan fingerprint density at radius 1 is 1.50 bits per heavy atom. The molecule has 0 amide bonds. The molecule has 14 heavy (non-hydrogen) atoms. The van der Waals surface area contributed by atoms with Crippen LogP contribution in [0.2, 0.25) is 5.02 Å². The largest absolute Gasteiger partial charge is 0.271 e. The van der Waals surface area contributed by atoms with Crippen LogP contribution in [0.25, 0.3) is 0 Å². The molecule has 1 aromatic carbocycles. The Labute approximate surface area is 87.2 Å². The second-order valence-corrected chi connectivity index (χ2v) is 4.02. The van der Waals surface area contributed by atoms with E-state index in [0.29, 0.717) is 16.5 Å². The zero-order chi connectivity index (χ0) is 10.1. The predicted molar refractivity (Wildman–Crippen MR) is 54.2 cm³/mol. The van der Waals surface area contributed by atoms with Crippen LogP contribution < -0.4 is 11.3 Å². The highest BCUT2D eigenvalue weighted by molar-refractivity contribution is 6.31. The Morgan fingerprint density at radius 2 is 2.21 bits per heavy atom. The van der Waals surface area contributed by atoms with Crippen molar-refractivity contribution in [1.29, 1.82) is 0 Å². The summed E-state index contributed by atoms with van der Waals surface area (Å²) in [5.74, 6) is 5.55. The molecule has 1 saturated carbocycles. The fourth-order valence-electron chi connectivity index (χ4n) is 1.69. The first-order valence-electron chi connectivity index (χ1n) is 4.64. The standard InChI is InChI=1S/C10H12ClFN2/c11-7-2-1-3-8(12)9(7)10(14-13)6-4-5-6/h1-3,6,10,14H,4-5,13H2. The molecular weight excluding hydrogens is 203 g/mol. The average molecular weight is 215 g/mol. The van der Waals surface area contributed by atoms with Crippen LogP contribution >= 0.6 is 11.6 Å². The third-order valence-corrected chi connectivity index (χ3v) is 2.91. The molecule has 0 bridgehead atoms. The van der Waals surface area contributed by atoms with Crippen molar-refractivity contribution in [2.75, 3.05) is 0 Å². The molecule has 4 heteroatoms. The first-order chi connectivity index (χ1) is 6.74. The van der Waals surface area contributed by atoms with Gasteiger partial charge < -0.3 is 0 Å². The van der Waals surface area contributed by atoms with E-state index in [2.05, 4.69) is 5.43 Å². The number of nitrogens with one attached hydrogen (secondary N) is 1. The zero-order valence-electron chi connectivity index (χ0n) is 7.63. The Kier molecular flexibility index (Phi) is 2.72. The lowest BCUT2D eigenvalue weighted by molar-refractivity contribution is 0.469. The lowest BCUT2D eigenvalue weighted by Gasteiger charge is -2.17. The van der Waals surface area contributed by atoms with Crippen LogP contribution in [-0.4, -0.2) is 0 Å². The van der Waals surface area contributed by atoms with Gasteiger partial charge in [0.1, 0.15) is 5.82 Å². The molecule has 1 fully saturated rings. The van der Waals surface area contributed by atoms with E-state index in [4.69, 9.17) is 17.4 Å². The molecule has 2 nitrogen and oxygen atoms in total. The molecule has 1 aliphatic rings. The van der Waals surface area contributed by atoms with E-state index in [1.165, 1.54) is 6.07 Å². The van der Waals surface area contributed by atoms with Gasteiger partial charge in [0.15, 0.2) is 0 Å². The van der Waals surface area contributed by atoms with Gasteiger partial charge in [-0.3, -0.25) is 11.3 Å². The molecule has 0 spiro atoms. The maximum Gasteiger partial charge on any atom is 0.129 e. The van der Waals surface area contributed by atoms with Gasteiger partial charge in [-0.15, -0.1) is 0 Å². The second-order valence-electron chi connectivity index (χ2n) is 3.62. The molecule has 1 unspecified atom stereocenters. The summed E-state index contributed by atoms with van der Waals surface area (Å²) in [7, 11) is 0. The molecule has 0 heterocycles.